The second-order valence-corrected chi connectivity index (χ2v) is 5.19. The summed E-state index contributed by atoms with van der Waals surface area (Å²) in [6.07, 6.45) is 1.17. The van der Waals surface area contributed by atoms with E-state index in [1.165, 1.54) is 18.0 Å². The molecule has 1 amide bonds. The van der Waals surface area contributed by atoms with Crippen molar-refractivity contribution in [3.8, 4) is 0 Å². The Bertz CT molecular complexity index is 425. The SMILES string of the molecule is CCCN1CCN(c2snc(N)c2C(N)=O)CC1. The summed E-state index contributed by atoms with van der Waals surface area (Å²) in [5.74, 6) is -0.245. The van der Waals surface area contributed by atoms with Gasteiger partial charge in [-0.1, -0.05) is 6.92 Å². The van der Waals surface area contributed by atoms with Gasteiger partial charge in [0.05, 0.1) is 0 Å². The Kier molecular flexibility index (Phi) is 4.03. The number of primary amides is 1. The Morgan fingerprint density at radius 2 is 2.06 bits per heavy atom. The van der Waals surface area contributed by atoms with Gasteiger partial charge in [-0.3, -0.25) is 9.69 Å². The molecule has 1 aromatic heterocycles. The van der Waals surface area contributed by atoms with Crippen LogP contribution in [-0.2, 0) is 0 Å². The standard InChI is InChI=1S/C11H19N5OS/c1-2-3-15-4-6-16(7-5-15)11-8(10(13)17)9(12)14-18-11/h2-7H2,1H3,(H2,12,14)(H2,13,17). The van der Waals surface area contributed by atoms with Gasteiger partial charge in [0.15, 0.2) is 5.82 Å². The summed E-state index contributed by atoms with van der Waals surface area (Å²) in [6, 6.07) is 0. The predicted octanol–water partition coefficient (Wildman–Crippen LogP) is 0.356. The lowest BCUT2D eigenvalue weighted by molar-refractivity contribution is 0.100. The third-order valence-electron chi connectivity index (χ3n) is 3.15. The van der Waals surface area contributed by atoms with Gasteiger partial charge in [-0.15, -0.1) is 0 Å². The van der Waals surface area contributed by atoms with Gasteiger partial charge in [-0.05, 0) is 24.5 Å². The summed E-state index contributed by atoms with van der Waals surface area (Å²) in [7, 11) is 0. The minimum absolute atomic E-state index is 0.249. The van der Waals surface area contributed by atoms with Gasteiger partial charge in [-0.25, -0.2) is 0 Å². The van der Waals surface area contributed by atoms with Crippen LogP contribution in [0.2, 0.25) is 0 Å². The molecule has 0 radical (unpaired) electrons. The Labute approximate surface area is 111 Å². The Balaban J connectivity index is 2.08. The first-order valence-corrected chi connectivity index (χ1v) is 6.93. The molecule has 0 aromatic carbocycles. The topological polar surface area (TPSA) is 88.5 Å². The van der Waals surface area contributed by atoms with E-state index in [0.717, 1.165) is 37.7 Å². The molecular weight excluding hydrogens is 250 g/mol. The lowest BCUT2D eigenvalue weighted by atomic mass is 10.2. The van der Waals surface area contributed by atoms with E-state index in [1.54, 1.807) is 0 Å². The lowest BCUT2D eigenvalue weighted by Gasteiger charge is -2.35. The Morgan fingerprint density at radius 1 is 1.39 bits per heavy atom. The number of nitrogens with two attached hydrogens (primary N) is 2. The molecule has 1 aliphatic rings. The molecule has 0 spiro atoms. The summed E-state index contributed by atoms with van der Waals surface area (Å²) in [5.41, 5.74) is 11.4. The number of amides is 1. The van der Waals surface area contributed by atoms with Crippen LogP contribution < -0.4 is 16.4 Å². The fourth-order valence-electron chi connectivity index (χ4n) is 2.23. The number of nitrogens with zero attached hydrogens (tertiary/aromatic N) is 3. The summed E-state index contributed by atoms with van der Waals surface area (Å²) in [6.45, 7) is 7.10. The number of anilines is 2. The second-order valence-electron chi connectivity index (χ2n) is 4.44. The fraction of sp³-hybridized carbons (Fsp3) is 0.636. The molecule has 0 bridgehead atoms. The molecule has 0 aliphatic carbocycles. The van der Waals surface area contributed by atoms with Gasteiger partial charge < -0.3 is 16.4 Å². The largest absolute Gasteiger partial charge is 0.382 e. The molecule has 4 N–H and O–H groups in total. The molecule has 1 aliphatic heterocycles. The van der Waals surface area contributed by atoms with E-state index in [1.807, 2.05) is 0 Å². The monoisotopic (exact) mass is 269 g/mol. The van der Waals surface area contributed by atoms with E-state index in [9.17, 15) is 4.79 Å². The van der Waals surface area contributed by atoms with Crippen LogP contribution >= 0.6 is 11.5 Å². The molecule has 1 aromatic rings. The zero-order chi connectivity index (χ0) is 13.1. The lowest BCUT2D eigenvalue weighted by Crippen LogP contribution is -2.46. The maximum absolute atomic E-state index is 11.4. The average molecular weight is 269 g/mol. The minimum Gasteiger partial charge on any atom is -0.382 e. The van der Waals surface area contributed by atoms with Crippen molar-refractivity contribution in [3.05, 3.63) is 5.56 Å². The number of carbonyl (C=O) groups excluding carboxylic acids is 1. The highest BCUT2D eigenvalue weighted by Crippen LogP contribution is 2.30. The Hall–Kier alpha value is -1.34. The molecule has 100 valence electrons. The maximum atomic E-state index is 11.4. The molecule has 1 saturated heterocycles. The maximum Gasteiger partial charge on any atom is 0.255 e. The van der Waals surface area contributed by atoms with Gasteiger partial charge in [-0.2, -0.15) is 4.37 Å². The van der Waals surface area contributed by atoms with Crippen molar-refractivity contribution in [3.63, 3.8) is 0 Å². The van der Waals surface area contributed by atoms with Crippen LogP contribution in [0.15, 0.2) is 0 Å². The van der Waals surface area contributed by atoms with Crippen molar-refractivity contribution in [1.82, 2.24) is 9.27 Å². The van der Waals surface area contributed by atoms with E-state index >= 15 is 0 Å². The fourth-order valence-corrected chi connectivity index (χ4v) is 3.10. The molecule has 2 heterocycles. The van der Waals surface area contributed by atoms with Crippen LogP contribution in [0.25, 0.3) is 0 Å². The van der Waals surface area contributed by atoms with Crippen molar-refractivity contribution < 1.29 is 4.79 Å². The Morgan fingerprint density at radius 3 is 2.61 bits per heavy atom. The third kappa shape index (κ3) is 2.56. The van der Waals surface area contributed by atoms with Crippen molar-refractivity contribution in [2.75, 3.05) is 43.4 Å². The van der Waals surface area contributed by atoms with Gasteiger partial charge in [0.1, 0.15) is 10.6 Å². The smallest absolute Gasteiger partial charge is 0.255 e. The molecule has 18 heavy (non-hydrogen) atoms. The van der Waals surface area contributed by atoms with Gasteiger partial charge in [0.2, 0.25) is 0 Å². The zero-order valence-electron chi connectivity index (χ0n) is 10.6. The van der Waals surface area contributed by atoms with Gasteiger partial charge in [0.25, 0.3) is 5.91 Å². The number of nitrogen functional groups attached to an aromatic ring is 1. The first-order chi connectivity index (χ1) is 8.63. The molecule has 1 fully saturated rings. The van der Waals surface area contributed by atoms with Gasteiger partial charge >= 0.3 is 0 Å². The number of carbonyl (C=O) groups is 1. The number of rotatable bonds is 4. The van der Waals surface area contributed by atoms with E-state index in [-0.39, 0.29) is 5.82 Å². The van der Waals surface area contributed by atoms with Crippen molar-refractivity contribution in [1.29, 1.82) is 0 Å². The highest BCUT2D eigenvalue weighted by Gasteiger charge is 2.24. The van der Waals surface area contributed by atoms with Crippen LogP contribution in [0.4, 0.5) is 10.8 Å². The number of hydrogen-bond acceptors (Lipinski definition) is 6. The van der Waals surface area contributed by atoms with E-state index in [4.69, 9.17) is 11.5 Å². The first kappa shape index (κ1) is 13.1. The molecular formula is C11H19N5OS. The van der Waals surface area contributed by atoms with Crippen LogP contribution in [0.1, 0.15) is 23.7 Å². The molecule has 0 saturated carbocycles. The molecule has 0 atom stereocenters. The van der Waals surface area contributed by atoms with E-state index in [0.29, 0.717) is 5.56 Å². The second kappa shape index (κ2) is 5.53. The quantitative estimate of drug-likeness (QED) is 0.823. The minimum atomic E-state index is -0.493. The highest BCUT2D eigenvalue weighted by atomic mass is 32.1. The van der Waals surface area contributed by atoms with E-state index < -0.39 is 5.91 Å². The molecule has 2 rings (SSSR count). The summed E-state index contributed by atoms with van der Waals surface area (Å²) in [4.78, 5) is 16.0. The number of piperazine rings is 1. The molecule has 7 heteroatoms. The predicted molar refractivity (Wildman–Crippen MR) is 74.0 cm³/mol. The summed E-state index contributed by atoms with van der Waals surface area (Å²) in [5, 5.41) is 0.816. The average Bonchev–Trinajstić information content (AvgIpc) is 2.73. The summed E-state index contributed by atoms with van der Waals surface area (Å²) < 4.78 is 4.03. The van der Waals surface area contributed by atoms with Crippen molar-refractivity contribution >= 4 is 28.3 Å². The number of hydrogen-bond donors (Lipinski definition) is 2. The van der Waals surface area contributed by atoms with Crippen LogP contribution in [0, 0.1) is 0 Å². The van der Waals surface area contributed by atoms with Crippen LogP contribution in [0.5, 0.6) is 0 Å². The normalized spacial score (nSPS) is 17.1. The van der Waals surface area contributed by atoms with Crippen LogP contribution in [-0.4, -0.2) is 47.9 Å². The van der Waals surface area contributed by atoms with Gasteiger partial charge in [0, 0.05) is 26.2 Å². The van der Waals surface area contributed by atoms with E-state index in [2.05, 4.69) is 21.1 Å². The molecule has 6 nitrogen and oxygen atoms in total. The summed E-state index contributed by atoms with van der Waals surface area (Å²) >= 11 is 1.26. The highest BCUT2D eigenvalue weighted by molar-refractivity contribution is 7.11. The van der Waals surface area contributed by atoms with Crippen molar-refractivity contribution in [2.45, 2.75) is 13.3 Å². The van der Waals surface area contributed by atoms with Crippen LogP contribution in [0.3, 0.4) is 0 Å². The number of aromatic nitrogens is 1. The third-order valence-corrected chi connectivity index (χ3v) is 4.07. The zero-order valence-corrected chi connectivity index (χ0v) is 11.4. The van der Waals surface area contributed by atoms with Crippen molar-refractivity contribution in [2.24, 2.45) is 5.73 Å². The first-order valence-electron chi connectivity index (χ1n) is 6.15. The molecule has 0 unspecified atom stereocenters.